The zero-order chi connectivity index (χ0) is 18.3. The van der Waals surface area contributed by atoms with Gasteiger partial charge in [-0.1, -0.05) is 24.3 Å². The lowest BCUT2D eigenvalue weighted by molar-refractivity contribution is -0.120. The maximum absolute atomic E-state index is 13.1. The van der Waals surface area contributed by atoms with Gasteiger partial charge in [0.15, 0.2) is 5.78 Å². The van der Waals surface area contributed by atoms with Crippen LogP contribution in [0.4, 0.5) is 0 Å². The normalized spacial score (nSPS) is 27.7. The number of aromatic hydroxyl groups is 1. The number of fused-ring (bicyclic) bond motifs is 2. The number of carbonyl (C=O) groups is 1. The Morgan fingerprint density at radius 1 is 1.23 bits per heavy atom. The number of Topliss-reactive ketones (excluding diaryl/α,β-unsaturated/α-hetero) is 1. The number of nitrogens with zero attached hydrogens (tertiary/aromatic N) is 1. The number of carbonyl (C=O) groups excluding carboxylic acids is 1. The van der Waals surface area contributed by atoms with Crippen LogP contribution in [0.5, 0.6) is 5.75 Å². The Balaban J connectivity index is 1.72. The van der Waals surface area contributed by atoms with Gasteiger partial charge >= 0.3 is 0 Å². The Bertz CT molecular complexity index is 874. The molecule has 1 N–H and O–H groups in total. The fourth-order valence-corrected chi connectivity index (χ4v) is 4.75. The van der Waals surface area contributed by atoms with Crippen molar-refractivity contribution in [3.05, 3.63) is 68.8 Å². The maximum atomic E-state index is 13.1. The van der Waals surface area contributed by atoms with Gasteiger partial charge in [0, 0.05) is 27.0 Å². The topological polar surface area (TPSA) is 40.5 Å². The molecule has 2 aromatic carbocycles. The fourth-order valence-electron chi connectivity index (χ4n) is 4.39. The van der Waals surface area contributed by atoms with Gasteiger partial charge in [0.25, 0.3) is 0 Å². The van der Waals surface area contributed by atoms with E-state index in [0.717, 1.165) is 36.1 Å². The summed E-state index contributed by atoms with van der Waals surface area (Å²) in [6.45, 7) is 0.956. The van der Waals surface area contributed by atoms with Crippen LogP contribution < -0.4 is 0 Å². The highest BCUT2D eigenvalue weighted by atomic mass is 127. The number of likely N-dealkylation sites (tertiary alicyclic amines) is 1. The van der Waals surface area contributed by atoms with Crippen molar-refractivity contribution in [2.75, 3.05) is 13.6 Å². The quantitative estimate of drug-likeness (QED) is 0.535. The molecule has 0 radical (unpaired) electrons. The van der Waals surface area contributed by atoms with Gasteiger partial charge in [-0.15, -0.1) is 0 Å². The molecule has 2 bridgehead atoms. The van der Waals surface area contributed by atoms with E-state index in [0.29, 0.717) is 6.42 Å². The molecule has 0 spiro atoms. The number of hydrogen-bond donors (Lipinski definition) is 1. The molecule has 4 rings (SSSR count). The first-order valence-electron chi connectivity index (χ1n) is 8.97. The molecule has 2 aliphatic rings. The largest absolute Gasteiger partial charge is 0.508 e. The van der Waals surface area contributed by atoms with Gasteiger partial charge in [-0.2, -0.15) is 0 Å². The molecule has 3 nitrogen and oxygen atoms in total. The molecule has 1 saturated heterocycles. The van der Waals surface area contributed by atoms with Crippen LogP contribution in [0.1, 0.15) is 30.4 Å². The standard InChI is InChI=1S/C22H22INO2/c1-24-10-9-22(16-3-2-4-18(25)12-16)13-20(24)19(21(26)14-22)11-15-5-7-17(23)8-6-15/h2-8,11-12,20,25H,9-10,13-14H2,1H3/b19-11+/t20-,22-/m1/s1. The number of phenols is 1. The van der Waals surface area contributed by atoms with Crippen molar-refractivity contribution >= 4 is 34.5 Å². The third-order valence-electron chi connectivity index (χ3n) is 5.89. The second-order valence-corrected chi connectivity index (χ2v) is 8.78. The fraction of sp³-hybridized carbons (Fsp3) is 0.318. The molecule has 1 heterocycles. The lowest BCUT2D eigenvalue weighted by Crippen LogP contribution is -2.53. The summed E-state index contributed by atoms with van der Waals surface area (Å²) in [6.07, 6.45) is 4.47. The molecule has 1 aliphatic heterocycles. The van der Waals surface area contributed by atoms with Crippen LogP contribution in [0.3, 0.4) is 0 Å². The van der Waals surface area contributed by atoms with Crippen molar-refractivity contribution in [3.8, 4) is 5.75 Å². The number of benzene rings is 2. The van der Waals surface area contributed by atoms with Crippen molar-refractivity contribution in [3.63, 3.8) is 0 Å². The Hall–Kier alpha value is -1.66. The molecular formula is C22H22INO2. The van der Waals surface area contributed by atoms with Crippen molar-refractivity contribution in [2.45, 2.75) is 30.7 Å². The molecule has 0 unspecified atom stereocenters. The molecule has 1 saturated carbocycles. The molecule has 1 aliphatic carbocycles. The lowest BCUT2D eigenvalue weighted by atomic mass is 9.61. The first-order valence-corrected chi connectivity index (χ1v) is 10.0. The minimum atomic E-state index is -0.156. The Kier molecular flexibility index (Phi) is 4.65. The van der Waals surface area contributed by atoms with Gasteiger partial charge in [-0.25, -0.2) is 0 Å². The molecule has 2 atom stereocenters. The summed E-state index contributed by atoms with van der Waals surface area (Å²) in [4.78, 5) is 15.4. The van der Waals surface area contributed by atoms with E-state index in [-0.39, 0.29) is 23.0 Å². The number of hydrogen-bond acceptors (Lipinski definition) is 3. The number of ketones is 1. The van der Waals surface area contributed by atoms with Gasteiger partial charge in [0.05, 0.1) is 0 Å². The molecule has 2 fully saturated rings. The smallest absolute Gasteiger partial charge is 0.161 e. The maximum Gasteiger partial charge on any atom is 0.161 e. The highest BCUT2D eigenvalue weighted by molar-refractivity contribution is 14.1. The van der Waals surface area contributed by atoms with E-state index in [2.05, 4.69) is 70.9 Å². The summed E-state index contributed by atoms with van der Waals surface area (Å²) in [7, 11) is 2.11. The summed E-state index contributed by atoms with van der Waals surface area (Å²) in [5.74, 6) is 0.509. The van der Waals surface area contributed by atoms with Gasteiger partial charge in [-0.05, 0) is 90.5 Å². The van der Waals surface area contributed by atoms with Crippen LogP contribution >= 0.6 is 22.6 Å². The molecule has 0 amide bonds. The second-order valence-electron chi connectivity index (χ2n) is 7.53. The highest BCUT2D eigenvalue weighted by Crippen LogP contribution is 2.47. The summed E-state index contributed by atoms with van der Waals surface area (Å²) < 4.78 is 1.19. The van der Waals surface area contributed by atoms with Crippen molar-refractivity contribution in [1.82, 2.24) is 4.90 Å². The third-order valence-corrected chi connectivity index (χ3v) is 6.61. The molecule has 4 heteroatoms. The van der Waals surface area contributed by atoms with E-state index >= 15 is 0 Å². The number of rotatable bonds is 2. The Labute approximate surface area is 167 Å². The third kappa shape index (κ3) is 3.21. The number of likely N-dealkylation sites (N-methyl/N-ethyl adjacent to an activating group) is 1. The van der Waals surface area contributed by atoms with Crippen molar-refractivity contribution in [1.29, 1.82) is 0 Å². The first-order chi connectivity index (χ1) is 12.5. The van der Waals surface area contributed by atoms with Crippen LogP contribution in [0.15, 0.2) is 54.1 Å². The predicted molar refractivity (Wildman–Crippen MR) is 112 cm³/mol. The molecular weight excluding hydrogens is 437 g/mol. The lowest BCUT2D eigenvalue weighted by Gasteiger charge is -2.50. The average molecular weight is 459 g/mol. The van der Waals surface area contributed by atoms with Gasteiger partial charge in [0.2, 0.25) is 0 Å². The number of phenolic OH excluding ortho intramolecular Hbond substituents is 1. The van der Waals surface area contributed by atoms with E-state index in [1.54, 1.807) is 6.07 Å². The van der Waals surface area contributed by atoms with Crippen LogP contribution in [0, 0.1) is 3.57 Å². The average Bonchev–Trinajstić information content (AvgIpc) is 2.63. The second kappa shape index (κ2) is 6.82. The summed E-state index contributed by atoms with van der Waals surface area (Å²) in [5, 5.41) is 9.92. The van der Waals surface area contributed by atoms with E-state index in [1.165, 1.54) is 3.57 Å². The van der Waals surface area contributed by atoms with Crippen LogP contribution in [0.2, 0.25) is 0 Å². The van der Waals surface area contributed by atoms with Crippen LogP contribution in [0.25, 0.3) is 6.08 Å². The van der Waals surface area contributed by atoms with Crippen molar-refractivity contribution < 1.29 is 9.90 Å². The SMILES string of the molecule is CN1CC[C@]2(c3cccc(O)c3)CC(=O)/C(=C/c3ccc(I)cc3)[C@H]1C2. The summed E-state index contributed by atoms with van der Waals surface area (Å²) in [5.41, 5.74) is 2.94. The zero-order valence-corrected chi connectivity index (χ0v) is 16.9. The summed E-state index contributed by atoms with van der Waals surface area (Å²) >= 11 is 2.29. The van der Waals surface area contributed by atoms with E-state index in [9.17, 15) is 9.90 Å². The van der Waals surface area contributed by atoms with Crippen LogP contribution in [-0.4, -0.2) is 35.4 Å². The zero-order valence-electron chi connectivity index (χ0n) is 14.8. The van der Waals surface area contributed by atoms with Crippen LogP contribution in [-0.2, 0) is 10.2 Å². The van der Waals surface area contributed by atoms with E-state index in [4.69, 9.17) is 0 Å². The predicted octanol–water partition coefficient (Wildman–Crippen LogP) is 4.39. The number of piperidine rings is 1. The molecule has 26 heavy (non-hydrogen) atoms. The Morgan fingerprint density at radius 2 is 2.00 bits per heavy atom. The molecule has 0 aromatic heterocycles. The minimum absolute atomic E-state index is 0.131. The van der Waals surface area contributed by atoms with Gasteiger partial charge in [0.1, 0.15) is 5.75 Å². The first kappa shape index (κ1) is 17.7. The Morgan fingerprint density at radius 3 is 2.73 bits per heavy atom. The molecule has 2 aromatic rings. The van der Waals surface area contributed by atoms with E-state index in [1.807, 2.05) is 12.1 Å². The molecule has 134 valence electrons. The van der Waals surface area contributed by atoms with E-state index < -0.39 is 0 Å². The van der Waals surface area contributed by atoms with Crippen molar-refractivity contribution in [2.24, 2.45) is 0 Å². The van der Waals surface area contributed by atoms with Gasteiger partial charge < -0.3 is 5.11 Å². The highest BCUT2D eigenvalue weighted by Gasteiger charge is 2.48. The van der Waals surface area contributed by atoms with Gasteiger partial charge in [-0.3, -0.25) is 9.69 Å². The summed E-state index contributed by atoms with van der Waals surface area (Å²) in [6, 6.07) is 15.9. The minimum Gasteiger partial charge on any atom is -0.508 e. The number of halogens is 1. The monoisotopic (exact) mass is 459 g/mol.